The number of piperazine rings is 1. The highest BCUT2D eigenvalue weighted by Gasteiger charge is 2.34. The molecule has 12 heteroatoms. The average molecular weight is 469 g/mol. The molecule has 0 radical (unpaired) electrons. The first-order chi connectivity index (χ1) is 13.8. The van der Waals surface area contributed by atoms with Gasteiger partial charge in [0.1, 0.15) is 6.23 Å². The predicted octanol–water partition coefficient (Wildman–Crippen LogP) is 1.50. The van der Waals surface area contributed by atoms with Crippen LogP contribution in [0.1, 0.15) is 13.8 Å². The van der Waals surface area contributed by atoms with Crippen molar-refractivity contribution in [1.82, 2.24) is 19.8 Å². The van der Waals surface area contributed by atoms with Crippen molar-refractivity contribution in [2.75, 3.05) is 58.7 Å². The molecule has 0 bridgehead atoms. The van der Waals surface area contributed by atoms with E-state index in [1.807, 2.05) is 11.9 Å². The lowest BCUT2D eigenvalue weighted by molar-refractivity contribution is -0.122. The summed E-state index contributed by atoms with van der Waals surface area (Å²) in [6, 6.07) is 0. The summed E-state index contributed by atoms with van der Waals surface area (Å²) in [6.45, 7) is 4.41. The van der Waals surface area contributed by atoms with Gasteiger partial charge in [0.15, 0.2) is 0 Å². The third-order valence-corrected chi connectivity index (χ3v) is 8.85. The molecule has 2 amide bonds. The van der Waals surface area contributed by atoms with Crippen LogP contribution in [0.5, 0.6) is 0 Å². The topological polar surface area (TPSA) is 91.4 Å². The molecule has 0 aromatic rings. The maximum absolute atomic E-state index is 12.8. The van der Waals surface area contributed by atoms with Crippen molar-refractivity contribution in [3.05, 3.63) is 11.8 Å². The van der Waals surface area contributed by atoms with Crippen molar-refractivity contribution < 1.29 is 23.4 Å². The van der Waals surface area contributed by atoms with Crippen molar-refractivity contribution in [3.63, 3.8) is 0 Å². The molecular weight excluding hydrogens is 438 g/mol. The van der Waals surface area contributed by atoms with E-state index in [0.29, 0.717) is 33.7 Å². The molecule has 4 unspecified atom stereocenters. The molecule has 0 aromatic carbocycles. The highest BCUT2D eigenvalue weighted by atomic mass is 35.7. The minimum absolute atomic E-state index is 0.167. The van der Waals surface area contributed by atoms with Gasteiger partial charge in [-0.3, -0.25) is 19.5 Å². The van der Waals surface area contributed by atoms with Crippen LogP contribution < -0.4 is 5.32 Å². The lowest BCUT2D eigenvalue weighted by atomic mass is 10.3. The van der Waals surface area contributed by atoms with Crippen molar-refractivity contribution in [3.8, 4) is 0 Å². The van der Waals surface area contributed by atoms with Gasteiger partial charge >= 0.3 is 6.87 Å². The molecule has 0 aliphatic carbocycles. The number of likely N-dealkylation sites (N-methyl/N-ethyl adjacent to an activating group) is 1. The third-order valence-electron chi connectivity index (χ3n) is 4.99. The van der Waals surface area contributed by atoms with Crippen LogP contribution in [0.25, 0.3) is 0 Å². The zero-order valence-electron chi connectivity index (χ0n) is 17.2. The summed E-state index contributed by atoms with van der Waals surface area (Å²) in [5.41, 5.74) is 0.404. The Morgan fingerprint density at radius 1 is 1.38 bits per heavy atom. The third kappa shape index (κ3) is 7.59. The van der Waals surface area contributed by atoms with Gasteiger partial charge < -0.3 is 19.1 Å². The molecule has 0 spiro atoms. The van der Waals surface area contributed by atoms with Crippen LogP contribution >= 0.6 is 26.7 Å². The summed E-state index contributed by atoms with van der Waals surface area (Å²) < 4.78 is 26.2. The van der Waals surface area contributed by atoms with Crippen LogP contribution in [-0.4, -0.2) is 97.8 Å². The SMILES string of the molecule is CCN1CCN(P(=O)(Cl)OCC2CPCC(N(C)/C=C(/C)C(=O)NC=O)O2)CC1. The lowest BCUT2D eigenvalue weighted by Crippen LogP contribution is -2.44. The molecule has 0 saturated carbocycles. The van der Waals surface area contributed by atoms with E-state index in [1.165, 1.54) is 0 Å². The minimum Gasteiger partial charge on any atom is -0.355 e. The largest absolute Gasteiger partial charge is 0.363 e. The molecule has 2 aliphatic rings. The normalized spacial score (nSPS) is 27.4. The number of carbonyl (C=O) groups is 2. The monoisotopic (exact) mass is 468 g/mol. The Bertz CT molecular complexity index is 645. The van der Waals surface area contributed by atoms with Crippen molar-refractivity contribution >= 4 is 39.0 Å². The summed E-state index contributed by atoms with van der Waals surface area (Å²) in [7, 11) is 2.47. The molecule has 2 fully saturated rings. The Labute approximate surface area is 179 Å². The van der Waals surface area contributed by atoms with E-state index >= 15 is 0 Å². The molecule has 166 valence electrons. The van der Waals surface area contributed by atoms with Crippen molar-refractivity contribution in [2.24, 2.45) is 0 Å². The van der Waals surface area contributed by atoms with Crippen LogP contribution in [0, 0.1) is 0 Å². The number of hydrogen-bond donors (Lipinski definition) is 1. The standard InChI is InChI=1S/C17H31ClN4O5P2/c1-4-21-5-7-22(8-6-21)29(18,25)26-10-15-11-28-12-16(27-15)20(3)9-14(2)17(24)19-13-23/h9,13,15-16,28H,4-8,10-12H2,1-3H3,(H,19,23,24)/b14-9-. The van der Waals surface area contributed by atoms with Crippen molar-refractivity contribution in [2.45, 2.75) is 26.2 Å². The zero-order valence-corrected chi connectivity index (χ0v) is 19.8. The van der Waals surface area contributed by atoms with Gasteiger partial charge in [-0.05, 0) is 30.9 Å². The second-order valence-corrected chi connectivity index (χ2v) is 11.4. The number of hydrogen-bond acceptors (Lipinski definition) is 7. The number of imide groups is 1. The van der Waals surface area contributed by atoms with Crippen molar-refractivity contribution in [1.29, 1.82) is 0 Å². The maximum atomic E-state index is 12.8. The Morgan fingerprint density at radius 3 is 2.69 bits per heavy atom. The van der Waals surface area contributed by atoms with Crippen LogP contribution in [0.2, 0.25) is 0 Å². The maximum Gasteiger partial charge on any atom is 0.363 e. The fourth-order valence-electron chi connectivity index (χ4n) is 3.19. The summed E-state index contributed by atoms with van der Waals surface area (Å²) in [5.74, 6) is -0.448. The molecule has 2 rings (SSSR count). The minimum atomic E-state index is -3.37. The van der Waals surface area contributed by atoms with E-state index < -0.39 is 12.8 Å². The van der Waals surface area contributed by atoms with Gasteiger partial charge in [-0.1, -0.05) is 6.92 Å². The molecule has 29 heavy (non-hydrogen) atoms. The smallest absolute Gasteiger partial charge is 0.355 e. The molecule has 1 N–H and O–H groups in total. The summed E-state index contributed by atoms with van der Waals surface area (Å²) in [6.07, 6.45) is 3.21. The van der Waals surface area contributed by atoms with E-state index in [9.17, 15) is 14.2 Å². The zero-order chi connectivity index (χ0) is 21.4. The first kappa shape index (κ1) is 24.7. The van der Waals surface area contributed by atoms with Gasteiger partial charge in [0.25, 0.3) is 5.91 Å². The number of amides is 2. The molecule has 4 atom stereocenters. The molecule has 9 nitrogen and oxygen atoms in total. The molecule has 2 heterocycles. The summed E-state index contributed by atoms with van der Waals surface area (Å²) in [5, 5.41) is 2.11. The van der Waals surface area contributed by atoms with Gasteiger partial charge in [0.2, 0.25) is 6.41 Å². The Balaban J connectivity index is 1.84. The first-order valence-electron chi connectivity index (χ1n) is 9.70. The molecule has 2 saturated heterocycles. The number of halogens is 1. The number of carbonyl (C=O) groups excluding carboxylic acids is 2. The quantitative estimate of drug-likeness (QED) is 0.309. The Kier molecular flexibility index (Phi) is 10.0. The highest BCUT2D eigenvalue weighted by molar-refractivity contribution is 7.83. The van der Waals surface area contributed by atoms with Crippen LogP contribution in [0.15, 0.2) is 11.8 Å². The number of rotatable bonds is 9. The number of nitrogens with one attached hydrogen (secondary N) is 1. The number of ether oxygens (including phenoxy) is 1. The van der Waals surface area contributed by atoms with Gasteiger partial charge in [0.05, 0.1) is 12.7 Å². The van der Waals surface area contributed by atoms with Gasteiger partial charge in [-0.25, -0.2) is 4.67 Å². The van der Waals surface area contributed by atoms with Gasteiger partial charge in [-0.2, -0.15) is 0 Å². The summed E-state index contributed by atoms with van der Waals surface area (Å²) >= 11 is 6.25. The van der Waals surface area contributed by atoms with Crippen LogP contribution in [-0.2, 0) is 23.4 Å². The Morgan fingerprint density at radius 2 is 2.07 bits per heavy atom. The van der Waals surface area contributed by atoms with E-state index in [2.05, 4.69) is 17.1 Å². The van der Waals surface area contributed by atoms with Gasteiger partial charge in [0, 0.05) is 51.2 Å². The lowest BCUT2D eigenvalue weighted by Gasteiger charge is -2.37. The fourth-order valence-corrected chi connectivity index (χ4v) is 6.31. The molecule has 2 aliphatic heterocycles. The van der Waals surface area contributed by atoms with E-state index in [0.717, 1.165) is 32.0 Å². The van der Waals surface area contributed by atoms with Crippen LogP contribution in [0.4, 0.5) is 0 Å². The van der Waals surface area contributed by atoms with E-state index in [-0.39, 0.29) is 18.9 Å². The highest BCUT2D eigenvalue weighted by Crippen LogP contribution is 2.56. The second-order valence-electron chi connectivity index (χ2n) is 7.08. The summed E-state index contributed by atoms with van der Waals surface area (Å²) in [4.78, 5) is 26.2. The molecule has 0 aromatic heterocycles. The fraction of sp³-hybridized carbons (Fsp3) is 0.765. The average Bonchev–Trinajstić information content (AvgIpc) is 2.72. The second kappa shape index (κ2) is 11.8. The first-order valence-corrected chi connectivity index (χ1v) is 13.6. The predicted molar refractivity (Wildman–Crippen MR) is 116 cm³/mol. The Hall–Kier alpha value is -0.530. The van der Waals surface area contributed by atoms with E-state index in [4.69, 9.17) is 20.5 Å². The number of nitrogens with zero attached hydrogens (tertiary/aromatic N) is 3. The molecular formula is C17H31ClN4O5P2. The van der Waals surface area contributed by atoms with Crippen LogP contribution in [0.3, 0.4) is 0 Å². The van der Waals surface area contributed by atoms with Gasteiger partial charge in [-0.15, -0.1) is 8.58 Å². The van der Waals surface area contributed by atoms with E-state index in [1.54, 1.807) is 17.8 Å².